The maximum Gasteiger partial charge on any atom is 0.224 e. The number of carbonyl (C=O) groups is 1. The molecule has 1 unspecified atom stereocenters. The Morgan fingerprint density at radius 1 is 1.69 bits per heavy atom. The second-order valence-electron chi connectivity index (χ2n) is 3.76. The lowest BCUT2D eigenvalue weighted by Crippen LogP contribution is -2.43. The van der Waals surface area contributed by atoms with Crippen LogP contribution in [0.25, 0.3) is 0 Å². The molecule has 1 atom stereocenters. The fourth-order valence-electron chi connectivity index (χ4n) is 0.787. The molecule has 0 spiro atoms. The Morgan fingerprint density at radius 3 is 2.54 bits per heavy atom. The summed E-state index contributed by atoms with van der Waals surface area (Å²) in [5, 5.41) is 3.10. The van der Waals surface area contributed by atoms with Gasteiger partial charge in [0.25, 0.3) is 0 Å². The highest BCUT2D eigenvalue weighted by Gasteiger charge is 2.24. The van der Waals surface area contributed by atoms with Crippen molar-refractivity contribution in [3.63, 3.8) is 0 Å². The van der Waals surface area contributed by atoms with Gasteiger partial charge in [0.05, 0.1) is 11.5 Å². The van der Waals surface area contributed by atoms with E-state index < -0.39 is 5.41 Å². The van der Waals surface area contributed by atoms with Crippen LogP contribution in [0.15, 0.2) is 0 Å². The van der Waals surface area contributed by atoms with Crippen molar-refractivity contribution in [2.24, 2.45) is 11.1 Å². The molecule has 0 aliphatic rings. The third-order valence-electron chi connectivity index (χ3n) is 2.07. The summed E-state index contributed by atoms with van der Waals surface area (Å²) in [4.78, 5) is 10.9. The van der Waals surface area contributed by atoms with E-state index >= 15 is 0 Å². The minimum Gasteiger partial charge on any atom is -0.369 e. The summed E-state index contributed by atoms with van der Waals surface area (Å²) in [6.07, 6.45) is 6.11. The predicted molar refractivity (Wildman–Crippen MR) is 53.9 cm³/mol. The summed E-state index contributed by atoms with van der Waals surface area (Å²) < 4.78 is 0. The molecule has 13 heavy (non-hydrogen) atoms. The van der Waals surface area contributed by atoms with Gasteiger partial charge in [-0.25, -0.2) is 0 Å². The van der Waals surface area contributed by atoms with Gasteiger partial charge in [0.1, 0.15) is 0 Å². The first kappa shape index (κ1) is 12.0. The first-order chi connectivity index (χ1) is 5.94. The molecule has 0 fully saturated rings. The lowest BCUT2D eigenvalue weighted by Gasteiger charge is -2.22. The molecule has 3 nitrogen and oxygen atoms in total. The Hall–Kier alpha value is -1.01. The van der Waals surface area contributed by atoms with Crippen LogP contribution in [0.1, 0.15) is 27.2 Å². The maximum absolute atomic E-state index is 10.9. The molecule has 0 heterocycles. The van der Waals surface area contributed by atoms with Crippen LogP contribution in [-0.2, 0) is 4.79 Å². The monoisotopic (exact) mass is 182 g/mol. The number of nitrogens with two attached hydrogens (primary N) is 1. The van der Waals surface area contributed by atoms with Gasteiger partial charge < -0.3 is 11.1 Å². The molecule has 74 valence electrons. The summed E-state index contributed by atoms with van der Waals surface area (Å²) in [5.74, 6) is 2.29. The lowest BCUT2D eigenvalue weighted by molar-refractivity contribution is -0.125. The number of amides is 1. The summed E-state index contributed by atoms with van der Waals surface area (Å²) >= 11 is 0. The van der Waals surface area contributed by atoms with Gasteiger partial charge in [0.15, 0.2) is 0 Å². The van der Waals surface area contributed by atoms with E-state index in [2.05, 4.69) is 11.2 Å². The molecule has 0 aromatic heterocycles. The van der Waals surface area contributed by atoms with Gasteiger partial charge >= 0.3 is 0 Å². The zero-order valence-electron chi connectivity index (χ0n) is 8.55. The highest BCUT2D eigenvalue weighted by Crippen LogP contribution is 2.12. The van der Waals surface area contributed by atoms with E-state index in [9.17, 15) is 4.79 Å². The lowest BCUT2D eigenvalue weighted by atomic mass is 9.92. The number of carbonyl (C=O) groups excluding carboxylic acids is 1. The van der Waals surface area contributed by atoms with Crippen molar-refractivity contribution >= 4 is 5.91 Å². The van der Waals surface area contributed by atoms with Crippen molar-refractivity contribution in [1.82, 2.24) is 5.32 Å². The smallest absolute Gasteiger partial charge is 0.224 e. The van der Waals surface area contributed by atoms with Gasteiger partial charge in [0.2, 0.25) is 5.91 Å². The van der Waals surface area contributed by atoms with Crippen LogP contribution in [0.2, 0.25) is 0 Å². The standard InChI is InChI=1S/C10H18N2O/c1-5-8(6-2)12-7-10(3,4)9(11)13/h1,8,12H,6-7H2,2-4H3,(H2,11,13). The average molecular weight is 182 g/mol. The number of nitrogens with one attached hydrogen (secondary N) is 1. The van der Waals surface area contributed by atoms with E-state index in [4.69, 9.17) is 12.2 Å². The van der Waals surface area contributed by atoms with E-state index in [1.807, 2.05) is 6.92 Å². The molecule has 3 N–H and O–H groups in total. The van der Waals surface area contributed by atoms with Gasteiger partial charge in [-0.3, -0.25) is 4.79 Å². The molecule has 3 heteroatoms. The molecule has 0 aromatic carbocycles. The largest absolute Gasteiger partial charge is 0.369 e. The molecule has 0 aromatic rings. The molecular weight excluding hydrogens is 164 g/mol. The van der Waals surface area contributed by atoms with Gasteiger partial charge in [-0.15, -0.1) is 6.42 Å². The van der Waals surface area contributed by atoms with Gasteiger partial charge in [-0.1, -0.05) is 12.8 Å². The van der Waals surface area contributed by atoms with E-state index in [0.29, 0.717) is 6.54 Å². The molecule has 1 amide bonds. The van der Waals surface area contributed by atoms with Crippen LogP contribution in [0, 0.1) is 17.8 Å². The van der Waals surface area contributed by atoms with Crippen molar-refractivity contribution in [2.45, 2.75) is 33.2 Å². The topological polar surface area (TPSA) is 55.1 Å². The highest BCUT2D eigenvalue weighted by molar-refractivity contribution is 5.80. The Kier molecular flexibility index (Phi) is 4.50. The summed E-state index contributed by atoms with van der Waals surface area (Å²) in [6.45, 7) is 6.11. The van der Waals surface area contributed by atoms with Crippen molar-refractivity contribution < 1.29 is 4.79 Å². The zero-order chi connectivity index (χ0) is 10.5. The first-order valence-electron chi connectivity index (χ1n) is 4.43. The number of primary amides is 1. The molecule has 0 aliphatic carbocycles. The van der Waals surface area contributed by atoms with E-state index in [-0.39, 0.29) is 11.9 Å². The SMILES string of the molecule is C#CC(CC)NCC(C)(C)C(N)=O. The third-order valence-corrected chi connectivity index (χ3v) is 2.07. The van der Waals surface area contributed by atoms with Gasteiger partial charge in [0, 0.05) is 6.54 Å². The fourth-order valence-corrected chi connectivity index (χ4v) is 0.787. The molecule has 0 saturated carbocycles. The molecule has 0 rings (SSSR count). The van der Waals surface area contributed by atoms with Crippen molar-refractivity contribution in [3.05, 3.63) is 0 Å². The summed E-state index contributed by atoms with van der Waals surface area (Å²) in [5.41, 5.74) is 4.67. The fraction of sp³-hybridized carbons (Fsp3) is 0.700. The van der Waals surface area contributed by atoms with Gasteiger partial charge in [-0.05, 0) is 20.3 Å². The van der Waals surface area contributed by atoms with Crippen molar-refractivity contribution in [2.75, 3.05) is 6.54 Å². The second kappa shape index (κ2) is 4.88. The van der Waals surface area contributed by atoms with Crippen LogP contribution < -0.4 is 11.1 Å². The second-order valence-corrected chi connectivity index (χ2v) is 3.76. The van der Waals surface area contributed by atoms with Crippen molar-refractivity contribution in [3.8, 4) is 12.3 Å². The molecule has 0 saturated heterocycles. The van der Waals surface area contributed by atoms with Crippen LogP contribution in [-0.4, -0.2) is 18.5 Å². The minimum atomic E-state index is -0.537. The van der Waals surface area contributed by atoms with E-state index in [1.54, 1.807) is 13.8 Å². The minimum absolute atomic E-state index is 0.0265. The molecular formula is C10H18N2O. The zero-order valence-corrected chi connectivity index (χ0v) is 8.55. The predicted octanol–water partition coefficient (Wildman–Crippen LogP) is 0.499. The van der Waals surface area contributed by atoms with Crippen LogP contribution in [0.4, 0.5) is 0 Å². The Bertz CT molecular complexity index is 215. The average Bonchev–Trinajstić information content (AvgIpc) is 2.06. The number of hydrogen-bond donors (Lipinski definition) is 2. The quantitative estimate of drug-likeness (QED) is 0.608. The molecule has 0 aliphatic heterocycles. The van der Waals surface area contributed by atoms with Crippen LogP contribution >= 0.6 is 0 Å². The highest BCUT2D eigenvalue weighted by atomic mass is 16.1. The first-order valence-corrected chi connectivity index (χ1v) is 4.43. The van der Waals surface area contributed by atoms with Crippen molar-refractivity contribution in [1.29, 1.82) is 0 Å². The Morgan fingerprint density at radius 2 is 2.23 bits per heavy atom. The summed E-state index contributed by atoms with van der Waals surface area (Å²) in [7, 11) is 0. The Labute approximate surface area is 80.1 Å². The van der Waals surface area contributed by atoms with E-state index in [0.717, 1.165) is 6.42 Å². The third kappa shape index (κ3) is 3.95. The number of rotatable bonds is 5. The van der Waals surface area contributed by atoms with E-state index in [1.165, 1.54) is 0 Å². The maximum atomic E-state index is 10.9. The van der Waals surface area contributed by atoms with Crippen LogP contribution in [0.3, 0.4) is 0 Å². The van der Waals surface area contributed by atoms with Crippen LogP contribution in [0.5, 0.6) is 0 Å². The summed E-state index contributed by atoms with van der Waals surface area (Å²) in [6, 6.07) is 0.0265. The Balaban J connectivity index is 4.02. The number of terminal acetylenes is 1. The molecule has 0 bridgehead atoms. The normalized spacial score (nSPS) is 13.4. The van der Waals surface area contributed by atoms with Gasteiger partial charge in [-0.2, -0.15) is 0 Å². The molecule has 0 radical (unpaired) electrons. The number of hydrogen-bond acceptors (Lipinski definition) is 2.